The van der Waals surface area contributed by atoms with Gasteiger partial charge in [-0.1, -0.05) is 23.7 Å². The van der Waals surface area contributed by atoms with E-state index >= 15 is 0 Å². The largest absolute Gasteiger partial charge is 0.468 e. The molecule has 0 aliphatic heterocycles. The van der Waals surface area contributed by atoms with E-state index in [1.54, 1.807) is 18.2 Å². The molecule has 0 bridgehead atoms. The average molecular weight is 238 g/mol. The SMILES string of the molecule is COC(=O)C(C#N)C(=O)c1ccccc1Cl. The van der Waals surface area contributed by atoms with Gasteiger partial charge in [0, 0.05) is 5.56 Å². The van der Waals surface area contributed by atoms with Crippen LogP contribution in [0.15, 0.2) is 24.3 Å². The van der Waals surface area contributed by atoms with Crippen LogP contribution in [0.4, 0.5) is 0 Å². The summed E-state index contributed by atoms with van der Waals surface area (Å²) in [5.41, 5.74) is 0.140. The molecule has 5 heteroatoms. The number of carbonyl (C=O) groups is 2. The van der Waals surface area contributed by atoms with Gasteiger partial charge in [-0.05, 0) is 12.1 Å². The minimum Gasteiger partial charge on any atom is -0.468 e. The van der Waals surface area contributed by atoms with Gasteiger partial charge in [0.25, 0.3) is 0 Å². The molecule has 0 aromatic heterocycles. The van der Waals surface area contributed by atoms with E-state index in [2.05, 4.69) is 4.74 Å². The van der Waals surface area contributed by atoms with Gasteiger partial charge < -0.3 is 4.74 Å². The van der Waals surface area contributed by atoms with Crippen LogP contribution in [0.3, 0.4) is 0 Å². The van der Waals surface area contributed by atoms with Crippen LogP contribution in [0.5, 0.6) is 0 Å². The zero-order valence-electron chi connectivity index (χ0n) is 8.44. The fourth-order valence-corrected chi connectivity index (χ4v) is 1.38. The van der Waals surface area contributed by atoms with Crippen molar-refractivity contribution in [1.82, 2.24) is 0 Å². The smallest absolute Gasteiger partial charge is 0.331 e. The Balaban J connectivity index is 3.07. The normalized spacial score (nSPS) is 11.3. The lowest BCUT2D eigenvalue weighted by Crippen LogP contribution is -2.24. The van der Waals surface area contributed by atoms with Crippen molar-refractivity contribution in [3.05, 3.63) is 34.9 Å². The number of hydrogen-bond donors (Lipinski definition) is 0. The number of nitriles is 1. The number of ketones is 1. The lowest BCUT2D eigenvalue weighted by Gasteiger charge is -2.06. The molecule has 0 heterocycles. The predicted octanol–water partition coefficient (Wildman–Crippen LogP) is 1.84. The molecular formula is C11H8ClNO3. The van der Waals surface area contributed by atoms with Crippen molar-refractivity contribution in [3.63, 3.8) is 0 Å². The van der Waals surface area contributed by atoms with Crippen LogP contribution >= 0.6 is 11.6 Å². The van der Waals surface area contributed by atoms with Gasteiger partial charge in [-0.15, -0.1) is 0 Å². The molecule has 1 atom stereocenters. The number of benzene rings is 1. The Labute approximate surface area is 97.4 Å². The summed E-state index contributed by atoms with van der Waals surface area (Å²) in [7, 11) is 1.12. The van der Waals surface area contributed by atoms with Gasteiger partial charge in [0.05, 0.1) is 18.2 Å². The molecule has 0 fully saturated rings. The Kier molecular flexibility index (Phi) is 4.03. The molecule has 16 heavy (non-hydrogen) atoms. The van der Waals surface area contributed by atoms with E-state index in [0.29, 0.717) is 0 Å². The maximum atomic E-state index is 11.8. The third-order valence-corrected chi connectivity index (χ3v) is 2.30. The monoisotopic (exact) mass is 237 g/mol. The number of ether oxygens (including phenoxy) is 1. The van der Waals surface area contributed by atoms with E-state index in [0.717, 1.165) is 7.11 Å². The molecule has 0 radical (unpaired) electrons. The van der Waals surface area contributed by atoms with Gasteiger partial charge in [0.2, 0.25) is 5.92 Å². The van der Waals surface area contributed by atoms with Gasteiger partial charge in [0.15, 0.2) is 5.78 Å². The zero-order chi connectivity index (χ0) is 12.1. The Bertz CT molecular complexity index is 465. The predicted molar refractivity (Wildman–Crippen MR) is 56.9 cm³/mol. The summed E-state index contributed by atoms with van der Waals surface area (Å²) in [6.07, 6.45) is 0. The van der Waals surface area contributed by atoms with Crippen molar-refractivity contribution >= 4 is 23.4 Å². The maximum absolute atomic E-state index is 11.8. The van der Waals surface area contributed by atoms with Crippen molar-refractivity contribution in [2.75, 3.05) is 7.11 Å². The molecule has 4 nitrogen and oxygen atoms in total. The quantitative estimate of drug-likeness (QED) is 0.457. The van der Waals surface area contributed by atoms with Crippen LogP contribution in [-0.4, -0.2) is 18.9 Å². The fourth-order valence-electron chi connectivity index (χ4n) is 1.15. The van der Waals surface area contributed by atoms with Gasteiger partial charge in [0.1, 0.15) is 0 Å². The number of carbonyl (C=O) groups excluding carboxylic acids is 2. The molecule has 1 rings (SSSR count). The van der Waals surface area contributed by atoms with Crippen LogP contribution in [0.1, 0.15) is 10.4 Å². The van der Waals surface area contributed by atoms with Crippen LogP contribution in [-0.2, 0) is 9.53 Å². The van der Waals surface area contributed by atoms with Crippen LogP contribution in [0.25, 0.3) is 0 Å². The molecular weight excluding hydrogens is 230 g/mol. The third kappa shape index (κ3) is 2.38. The zero-order valence-corrected chi connectivity index (χ0v) is 9.19. The molecule has 0 N–H and O–H groups in total. The van der Waals surface area contributed by atoms with E-state index in [4.69, 9.17) is 16.9 Å². The number of halogens is 1. The fraction of sp³-hybridized carbons (Fsp3) is 0.182. The highest BCUT2D eigenvalue weighted by atomic mass is 35.5. The topological polar surface area (TPSA) is 67.2 Å². The van der Waals surface area contributed by atoms with Crippen molar-refractivity contribution in [1.29, 1.82) is 5.26 Å². The van der Waals surface area contributed by atoms with Gasteiger partial charge >= 0.3 is 5.97 Å². The number of nitrogens with zero attached hydrogens (tertiary/aromatic N) is 1. The second-order valence-electron chi connectivity index (χ2n) is 2.93. The third-order valence-electron chi connectivity index (χ3n) is 1.97. The van der Waals surface area contributed by atoms with Gasteiger partial charge in [-0.25, -0.2) is 0 Å². The number of hydrogen-bond acceptors (Lipinski definition) is 4. The maximum Gasteiger partial charge on any atom is 0.331 e. The van der Waals surface area contributed by atoms with Crippen LogP contribution < -0.4 is 0 Å². The molecule has 0 amide bonds. The lowest BCUT2D eigenvalue weighted by atomic mass is 9.99. The molecule has 1 aromatic carbocycles. The molecule has 0 aliphatic rings. The highest BCUT2D eigenvalue weighted by Gasteiger charge is 2.29. The lowest BCUT2D eigenvalue weighted by molar-refractivity contribution is -0.141. The standard InChI is InChI=1S/C11H8ClNO3/c1-16-11(15)8(6-13)10(14)7-4-2-3-5-9(7)12/h2-5,8H,1H3. The van der Waals surface area contributed by atoms with Crippen molar-refractivity contribution < 1.29 is 14.3 Å². The van der Waals surface area contributed by atoms with Crippen molar-refractivity contribution in [2.45, 2.75) is 0 Å². The Morgan fingerprint density at radius 1 is 1.44 bits per heavy atom. The second kappa shape index (κ2) is 5.29. The van der Waals surface area contributed by atoms with E-state index in [-0.39, 0.29) is 10.6 Å². The molecule has 0 aliphatic carbocycles. The Hall–Kier alpha value is -1.86. The van der Waals surface area contributed by atoms with E-state index in [9.17, 15) is 9.59 Å². The summed E-state index contributed by atoms with van der Waals surface area (Å²) in [6, 6.07) is 7.82. The molecule has 82 valence electrons. The summed E-state index contributed by atoms with van der Waals surface area (Å²) < 4.78 is 4.36. The summed E-state index contributed by atoms with van der Waals surface area (Å²) >= 11 is 5.79. The number of rotatable bonds is 3. The summed E-state index contributed by atoms with van der Waals surface area (Å²) in [5, 5.41) is 8.94. The van der Waals surface area contributed by atoms with E-state index < -0.39 is 17.7 Å². The van der Waals surface area contributed by atoms with Crippen molar-refractivity contribution in [2.24, 2.45) is 5.92 Å². The minimum atomic E-state index is -1.47. The van der Waals surface area contributed by atoms with Gasteiger partial charge in [-0.3, -0.25) is 9.59 Å². The highest BCUT2D eigenvalue weighted by Crippen LogP contribution is 2.19. The first-order valence-corrected chi connectivity index (χ1v) is 4.75. The Morgan fingerprint density at radius 2 is 2.06 bits per heavy atom. The first-order chi connectivity index (χ1) is 7.61. The number of esters is 1. The number of Topliss-reactive ketones (excluding diaryl/α,β-unsaturated/α-hetero) is 1. The first kappa shape index (κ1) is 12.2. The summed E-state index contributed by atoms with van der Waals surface area (Å²) in [4.78, 5) is 22.9. The Morgan fingerprint density at radius 3 is 2.56 bits per heavy atom. The second-order valence-corrected chi connectivity index (χ2v) is 3.34. The average Bonchev–Trinajstić information content (AvgIpc) is 2.30. The molecule has 1 aromatic rings. The van der Waals surface area contributed by atoms with Gasteiger partial charge in [-0.2, -0.15) is 5.26 Å². The summed E-state index contributed by atoms with van der Waals surface area (Å²) in [6.45, 7) is 0. The first-order valence-electron chi connectivity index (χ1n) is 4.38. The van der Waals surface area contributed by atoms with E-state index in [1.807, 2.05) is 0 Å². The molecule has 0 spiro atoms. The molecule has 1 unspecified atom stereocenters. The van der Waals surface area contributed by atoms with Crippen molar-refractivity contribution in [3.8, 4) is 6.07 Å². The van der Waals surface area contributed by atoms with Crippen LogP contribution in [0, 0.1) is 17.2 Å². The summed E-state index contributed by atoms with van der Waals surface area (Å²) in [5.74, 6) is -3.00. The molecule has 0 saturated heterocycles. The van der Waals surface area contributed by atoms with Crippen LogP contribution in [0.2, 0.25) is 5.02 Å². The minimum absolute atomic E-state index is 0.140. The highest BCUT2D eigenvalue weighted by molar-refractivity contribution is 6.34. The van der Waals surface area contributed by atoms with E-state index in [1.165, 1.54) is 12.1 Å². The number of methoxy groups -OCH3 is 1. The molecule has 0 saturated carbocycles.